The zero-order valence-electron chi connectivity index (χ0n) is 17.1. The van der Waals surface area contributed by atoms with Crippen LogP contribution in [0.25, 0.3) is 0 Å². The molecule has 0 bridgehead atoms. The van der Waals surface area contributed by atoms with Crippen LogP contribution in [0.1, 0.15) is 12.5 Å². The van der Waals surface area contributed by atoms with Gasteiger partial charge < -0.3 is 10.2 Å². The Labute approximate surface area is 200 Å². The van der Waals surface area contributed by atoms with Crippen molar-refractivity contribution in [2.24, 2.45) is 0 Å². The van der Waals surface area contributed by atoms with Gasteiger partial charge >= 0.3 is 0 Å². The number of nitrogens with one attached hydrogen (secondary N) is 1. The first-order chi connectivity index (χ1) is 14.4. The molecule has 0 aliphatic carbocycles. The van der Waals surface area contributed by atoms with Crippen LogP contribution in [0, 0.1) is 0 Å². The lowest BCUT2D eigenvalue weighted by atomic mass is 10.1. The molecule has 31 heavy (non-hydrogen) atoms. The molecule has 7 nitrogen and oxygen atoms in total. The van der Waals surface area contributed by atoms with E-state index in [1.54, 1.807) is 49.4 Å². The number of hydrogen-bond acceptors (Lipinski definition) is 4. The molecule has 0 radical (unpaired) electrons. The van der Waals surface area contributed by atoms with E-state index in [-0.39, 0.29) is 12.5 Å². The molecule has 0 saturated heterocycles. The number of benzene rings is 2. The van der Waals surface area contributed by atoms with Crippen molar-refractivity contribution in [3.63, 3.8) is 0 Å². The smallest absolute Gasteiger partial charge is 0.244 e. The van der Waals surface area contributed by atoms with Gasteiger partial charge in [-0.05, 0) is 48.9 Å². The highest BCUT2D eigenvalue weighted by Crippen LogP contribution is 2.25. The van der Waals surface area contributed by atoms with Crippen LogP contribution in [-0.2, 0) is 26.2 Å². The van der Waals surface area contributed by atoms with E-state index in [4.69, 9.17) is 23.2 Å². The monoisotopic (exact) mass is 549 g/mol. The molecule has 2 amide bonds. The van der Waals surface area contributed by atoms with Gasteiger partial charge in [-0.15, -0.1) is 0 Å². The maximum Gasteiger partial charge on any atom is 0.244 e. The minimum absolute atomic E-state index is 0.0439. The second-order valence-corrected chi connectivity index (χ2v) is 10.4. The number of sulfonamides is 1. The van der Waals surface area contributed by atoms with E-state index in [2.05, 4.69) is 21.2 Å². The summed E-state index contributed by atoms with van der Waals surface area (Å²) in [5, 5.41) is 3.18. The largest absolute Gasteiger partial charge is 0.357 e. The average Bonchev–Trinajstić information content (AvgIpc) is 2.71. The molecule has 2 rings (SSSR count). The minimum atomic E-state index is -3.76. The summed E-state index contributed by atoms with van der Waals surface area (Å²) >= 11 is 15.3. The third-order valence-electron chi connectivity index (χ3n) is 4.54. The fraction of sp³-hybridized carbons (Fsp3) is 0.300. The van der Waals surface area contributed by atoms with Crippen LogP contribution in [0.2, 0.25) is 10.0 Å². The Hall–Kier alpha value is -1.81. The molecule has 0 fully saturated rings. The van der Waals surface area contributed by atoms with E-state index in [0.717, 1.165) is 15.0 Å². The summed E-state index contributed by atoms with van der Waals surface area (Å²) in [6.45, 7) is 1.14. The summed E-state index contributed by atoms with van der Waals surface area (Å²) in [7, 11) is -2.30. The zero-order valence-corrected chi connectivity index (χ0v) is 21.0. The fourth-order valence-corrected chi connectivity index (χ4v) is 4.28. The highest BCUT2D eigenvalue weighted by atomic mass is 79.9. The number of carbonyl (C=O) groups excluding carboxylic acids is 2. The summed E-state index contributed by atoms with van der Waals surface area (Å²) in [5.41, 5.74) is 0.981. The molecule has 0 aliphatic rings. The van der Waals surface area contributed by atoms with E-state index < -0.39 is 28.5 Å². The first kappa shape index (κ1) is 25.5. The number of nitrogens with zero attached hydrogens (tertiary/aromatic N) is 2. The van der Waals surface area contributed by atoms with Gasteiger partial charge in [0.1, 0.15) is 12.6 Å². The number of anilines is 1. The first-order valence-electron chi connectivity index (χ1n) is 9.12. The van der Waals surface area contributed by atoms with Crippen LogP contribution >= 0.6 is 39.1 Å². The topological polar surface area (TPSA) is 86.8 Å². The Balaban J connectivity index is 2.38. The van der Waals surface area contributed by atoms with Gasteiger partial charge in [0.05, 0.1) is 22.0 Å². The summed E-state index contributed by atoms with van der Waals surface area (Å²) in [5.74, 6) is -0.932. The van der Waals surface area contributed by atoms with Gasteiger partial charge in [0.2, 0.25) is 21.8 Å². The van der Waals surface area contributed by atoms with Crippen molar-refractivity contribution in [2.45, 2.75) is 19.5 Å². The van der Waals surface area contributed by atoms with Crippen molar-refractivity contribution in [3.05, 3.63) is 62.5 Å². The van der Waals surface area contributed by atoms with Crippen LogP contribution in [0.3, 0.4) is 0 Å². The van der Waals surface area contributed by atoms with Crippen molar-refractivity contribution in [2.75, 3.05) is 24.2 Å². The lowest BCUT2D eigenvalue weighted by Crippen LogP contribution is -2.50. The number of likely N-dealkylation sites (N-methyl/N-ethyl adjacent to an activating group) is 1. The van der Waals surface area contributed by atoms with Gasteiger partial charge in [0.25, 0.3) is 0 Å². The van der Waals surface area contributed by atoms with Crippen molar-refractivity contribution in [3.8, 4) is 0 Å². The predicted octanol–water partition coefficient (Wildman–Crippen LogP) is 3.69. The van der Waals surface area contributed by atoms with E-state index >= 15 is 0 Å². The lowest BCUT2D eigenvalue weighted by Gasteiger charge is -2.31. The minimum Gasteiger partial charge on any atom is -0.357 e. The van der Waals surface area contributed by atoms with Gasteiger partial charge in [0, 0.05) is 18.1 Å². The molecule has 0 heterocycles. The van der Waals surface area contributed by atoms with Crippen LogP contribution in [-0.4, -0.2) is 51.0 Å². The standard InChI is InChI=1S/C20H22BrCl2N3O4S/c1-13(20(28)24-2)25(11-14-4-9-17(22)18(23)10-14)19(27)12-26(31(3,29)30)16-7-5-15(21)6-8-16/h4-10,13H,11-12H2,1-3H3,(H,24,28). The van der Waals surface area contributed by atoms with Crippen LogP contribution in [0.5, 0.6) is 0 Å². The summed E-state index contributed by atoms with van der Waals surface area (Å²) in [6.07, 6.45) is 1.02. The molecule has 0 saturated carbocycles. The van der Waals surface area contributed by atoms with E-state index in [9.17, 15) is 18.0 Å². The molecular formula is C20H22BrCl2N3O4S. The normalized spacial score (nSPS) is 12.2. The second-order valence-electron chi connectivity index (χ2n) is 6.81. The van der Waals surface area contributed by atoms with Crippen LogP contribution in [0.4, 0.5) is 5.69 Å². The Morgan fingerprint density at radius 1 is 1.10 bits per heavy atom. The average molecular weight is 551 g/mol. The third-order valence-corrected chi connectivity index (χ3v) is 6.95. The van der Waals surface area contributed by atoms with E-state index in [1.807, 2.05) is 0 Å². The molecule has 2 aromatic rings. The van der Waals surface area contributed by atoms with Crippen molar-refractivity contribution in [1.82, 2.24) is 10.2 Å². The van der Waals surface area contributed by atoms with Gasteiger partial charge in [-0.2, -0.15) is 0 Å². The predicted molar refractivity (Wildman–Crippen MR) is 127 cm³/mol. The quantitative estimate of drug-likeness (QED) is 0.543. The molecular weight excluding hydrogens is 529 g/mol. The van der Waals surface area contributed by atoms with Crippen LogP contribution in [0.15, 0.2) is 46.9 Å². The maximum atomic E-state index is 13.2. The van der Waals surface area contributed by atoms with Crippen molar-refractivity contribution < 1.29 is 18.0 Å². The molecule has 0 spiro atoms. The summed E-state index contributed by atoms with van der Waals surface area (Å²) < 4.78 is 26.6. The van der Waals surface area contributed by atoms with E-state index in [0.29, 0.717) is 21.3 Å². The zero-order chi connectivity index (χ0) is 23.3. The lowest BCUT2D eigenvalue weighted by molar-refractivity contribution is -0.139. The number of rotatable bonds is 8. The molecule has 1 N–H and O–H groups in total. The summed E-state index contributed by atoms with van der Waals surface area (Å²) in [4.78, 5) is 26.8. The molecule has 168 valence electrons. The second kappa shape index (κ2) is 10.7. The highest BCUT2D eigenvalue weighted by Gasteiger charge is 2.29. The number of amides is 2. The van der Waals surface area contributed by atoms with Gasteiger partial charge in [-0.25, -0.2) is 8.42 Å². The number of halogens is 3. The third kappa shape index (κ3) is 6.83. The van der Waals surface area contributed by atoms with Crippen molar-refractivity contribution in [1.29, 1.82) is 0 Å². The Morgan fingerprint density at radius 2 is 1.71 bits per heavy atom. The fourth-order valence-electron chi connectivity index (χ4n) is 2.85. The molecule has 11 heteroatoms. The molecule has 0 aliphatic heterocycles. The SMILES string of the molecule is CNC(=O)C(C)N(Cc1ccc(Cl)c(Cl)c1)C(=O)CN(c1ccc(Br)cc1)S(C)(=O)=O. The summed E-state index contributed by atoms with van der Waals surface area (Å²) in [6, 6.07) is 10.6. The van der Waals surface area contributed by atoms with E-state index in [1.165, 1.54) is 11.9 Å². The number of carbonyl (C=O) groups is 2. The van der Waals surface area contributed by atoms with Crippen molar-refractivity contribution >= 4 is 66.7 Å². The number of hydrogen-bond donors (Lipinski definition) is 1. The first-order valence-corrected chi connectivity index (χ1v) is 12.5. The van der Waals surface area contributed by atoms with Gasteiger partial charge in [-0.1, -0.05) is 45.2 Å². The Bertz CT molecular complexity index is 1060. The van der Waals surface area contributed by atoms with Gasteiger partial charge in [-0.3, -0.25) is 13.9 Å². The van der Waals surface area contributed by atoms with Gasteiger partial charge in [0.15, 0.2) is 0 Å². The molecule has 0 aromatic heterocycles. The maximum absolute atomic E-state index is 13.2. The highest BCUT2D eigenvalue weighted by molar-refractivity contribution is 9.10. The Kier molecular flexibility index (Phi) is 8.76. The molecule has 1 unspecified atom stereocenters. The van der Waals surface area contributed by atoms with Crippen LogP contribution < -0.4 is 9.62 Å². The molecule has 2 aromatic carbocycles. The Morgan fingerprint density at radius 3 is 2.23 bits per heavy atom. The molecule has 1 atom stereocenters.